The molecule has 4 nitrogen and oxygen atoms in total. The van der Waals surface area contributed by atoms with Crippen LogP contribution in [0.25, 0.3) is 0 Å². The molecule has 0 saturated carbocycles. The number of para-hydroxylation sites is 1. The van der Waals surface area contributed by atoms with Crippen molar-refractivity contribution in [3.05, 3.63) is 30.3 Å². The second-order valence-electron chi connectivity index (χ2n) is 4.05. The highest BCUT2D eigenvalue weighted by Gasteiger charge is 2.14. The molecular formula is C13H20N2O2. The summed E-state index contributed by atoms with van der Waals surface area (Å²) in [6, 6.07) is 9.70. The van der Waals surface area contributed by atoms with Crippen molar-refractivity contribution < 1.29 is 9.53 Å². The van der Waals surface area contributed by atoms with Gasteiger partial charge in [0.2, 0.25) is 5.91 Å². The molecule has 0 aliphatic rings. The number of benzene rings is 1. The van der Waals surface area contributed by atoms with Crippen molar-refractivity contribution in [1.29, 1.82) is 0 Å². The molecule has 0 spiro atoms. The van der Waals surface area contributed by atoms with Crippen LogP contribution in [-0.4, -0.2) is 36.5 Å². The zero-order valence-electron chi connectivity index (χ0n) is 10.4. The monoisotopic (exact) mass is 236 g/mol. The van der Waals surface area contributed by atoms with Crippen LogP contribution in [0.5, 0.6) is 5.75 Å². The third-order valence-electron chi connectivity index (χ3n) is 2.46. The van der Waals surface area contributed by atoms with Crippen LogP contribution in [0.3, 0.4) is 0 Å². The van der Waals surface area contributed by atoms with E-state index in [1.807, 2.05) is 44.2 Å². The van der Waals surface area contributed by atoms with Gasteiger partial charge in [-0.1, -0.05) is 18.2 Å². The molecule has 17 heavy (non-hydrogen) atoms. The van der Waals surface area contributed by atoms with Gasteiger partial charge in [0.15, 0.2) is 0 Å². The number of carbonyl (C=O) groups excluding carboxylic acids is 1. The van der Waals surface area contributed by atoms with Crippen LogP contribution in [0.2, 0.25) is 0 Å². The number of nitrogens with zero attached hydrogens (tertiary/aromatic N) is 1. The maximum absolute atomic E-state index is 11.5. The second kappa shape index (κ2) is 6.91. The number of nitrogens with two attached hydrogens (primary N) is 1. The first-order chi connectivity index (χ1) is 8.15. The lowest BCUT2D eigenvalue weighted by Crippen LogP contribution is -2.43. The van der Waals surface area contributed by atoms with Crippen molar-refractivity contribution >= 4 is 5.91 Å². The van der Waals surface area contributed by atoms with Crippen molar-refractivity contribution in [3.63, 3.8) is 0 Å². The molecule has 1 rings (SSSR count). The molecule has 0 fully saturated rings. The molecule has 0 radical (unpaired) electrons. The van der Waals surface area contributed by atoms with E-state index in [4.69, 9.17) is 10.5 Å². The molecular weight excluding hydrogens is 216 g/mol. The highest BCUT2D eigenvalue weighted by Crippen LogP contribution is 2.08. The number of rotatable bonds is 6. The summed E-state index contributed by atoms with van der Waals surface area (Å²) in [4.78, 5) is 13.3. The van der Waals surface area contributed by atoms with E-state index < -0.39 is 0 Å². The van der Waals surface area contributed by atoms with Gasteiger partial charge in [0.1, 0.15) is 12.4 Å². The lowest BCUT2D eigenvalue weighted by Gasteiger charge is -2.26. The molecule has 2 N–H and O–H groups in total. The van der Waals surface area contributed by atoms with Gasteiger partial charge in [-0.3, -0.25) is 4.79 Å². The fourth-order valence-electron chi connectivity index (χ4n) is 1.57. The molecule has 0 aliphatic carbocycles. The molecule has 1 aromatic carbocycles. The van der Waals surface area contributed by atoms with Crippen molar-refractivity contribution in [2.75, 3.05) is 19.7 Å². The van der Waals surface area contributed by atoms with Crippen LogP contribution in [0.15, 0.2) is 30.3 Å². The molecule has 1 amide bonds. The minimum atomic E-state index is -0.0448. The summed E-state index contributed by atoms with van der Waals surface area (Å²) in [5.74, 6) is 0.771. The van der Waals surface area contributed by atoms with E-state index in [0.717, 1.165) is 5.75 Å². The maximum Gasteiger partial charge on any atom is 0.236 e. The Balaban J connectivity index is 2.40. The van der Waals surface area contributed by atoms with Gasteiger partial charge in [-0.05, 0) is 26.0 Å². The SMILES string of the molecule is CC(C)N(CCOc1ccccc1)C(=O)CN. The van der Waals surface area contributed by atoms with Gasteiger partial charge in [-0.15, -0.1) is 0 Å². The molecule has 0 saturated heterocycles. The number of amides is 1. The summed E-state index contributed by atoms with van der Waals surface area (Å²) < 4.78 is 5.55. The number of carbonyl (C=O) groups is 1. The van der Waals surface area contributed by atoms with Crippen molar-refractivity contribution in [2.24, 2.45) is 5.73 Å². The third-order valence-corrected chi connectivity index (χ3v) is 2.46. The molecule has 1 aromatic rings. The number of ether oxygens (including phenoxy) is 1. The summed E-state index contributed by atoms with van der Waals surface area (Å²) >= 11 is 0. The van der Waals surface area contributed by atoms with E-state index in [-0.39, 0.29) is 18.5 Å². The Morgan fingerprint density at radius 2 is 2.00 bits per heavy atom. The Morgan fingerprint density at radius 3 is 2.53 bits per heavy atom. The van der Waals surface area contributed by atoms with Gasteiger partial charge < -0.3 is 15.4 Å². The highest BCUT2D eigenvalue weighted by molar-refractivity contribution is 5.78. The lowest BCUT2D eigenvalue weighted by molar-refractivity contribution is -0.131. The molecule has 0 aliphatic heterocycles. The predicted octanol–water partition coefficient (Wildman–Crippen LogP) is 1.26. The Labute approximate surface area is 102 Å². The largest absolute Gasteiger partial charge is 0.492 e. The van der Waals surface area contributed by atoms with Crippen LogP contribution in [-0.2, 0) is 4.79 Å². The molecule has 0 aromatic heterocycles. The van der Waals surface area contributed by atoms with E-state index in [0.29, 0.717) is 13.2 Å². The van der Waals surface area contributed by atoms with Crippen LogP contribution < -0.4 is 10.5 Å². The van der Waals surface area contributed by atoms with E-state index in [1.54, 1.807) is 4.90 Å². The van der Waals surface area contributed by atoms with Gasteiger partial charge in [-0.2, -0.15) is 0 Å². The second-order valence-corrected chi connectivity index (χ2v) is 4.05. The average Bonchev–Trinajstić information content (AvgIpc) is 2.34. The first-order valence-electron chi connectivity index (χ1n) is 5.82. The van der Waals surface area contributed by atoms with Crippen LogP contribution in [0.1, 0.15) is 13.8 Å². The molecule has 0 unspecified atom stereocenters. The first kappa shape index (κ1) is 13.5. The minimum absolute atomic E-state index is 0.0448. The third kappa shape index (κ3) is 4.44. The van der Waals surface area contributed by atoms with E-state index >= 15 is 0 Å². The first-order valence-corrected chi connectivity index (χ1v) is 5.82. The van der Waals surface area contributed by atoms with E-state index in [2.05, 4.69) is 0 Å². The van der Waals surface area contributed by atoms with Gasteiger partial charge in [0.05, 0.1) is 13.1 Å². The van der Waals surface area contributed by atoms with Gasteiger partial charge in [0.25, 0.3) is 0 Å². The quantitative estimate of drug-likeness (QED) is 0.809. The molecule has 0 bridgehead atoms. The summed E-state index contributed by atoms with van der Waals surface area (Å²) in [6.45, 7) is 5.02. The molecule has 0 atom stereocenters. The zero-order valence-corrected chi connectivity index (χ0v) is 10.4. The van der Waals surface area contributed by atoms with Crippen molar-refractivity contribution in [3.8, 4) is 5.75 Å². The highest BCUT2D eigenvalue weighted by atomic mass is 16.5. The Morgan fingerprint density at radius 1 is 1.35 bits per heavy atom. The summed E-state index contributed by atoms with van der Waals surface area (Å²) in [5, 5.41) is 0. The Hall–Kier alpha value is -1.55. The normalized spacial score (nSPS) is 10.4. The standard InChI is InChI=1S/C13H20N2O2/c1-11(2)15(13(16)10-14)8-9-17-12-6-4-3-5-7-12/h3-7,11H,8-10,14H2,1-2H3. The topological polar surface area (TPSA) is 55.6 Å². The van der Waals surface area contributed by atoms with Gasteiger partial charge in [0, 0.05) is 6.04 Å². The summed E-state index contributed by atoms with van der Waals surface area (Å²) in [7, 11) is 0. The lowest BCUT2D eigenvalue weighted by atomic mass is 10.3. The predicted molar refractivity (Wildman–Crippen MR) is 67.8 cm³/mol. The summed E-state index contributed by atoms with van der Waals surface area (Å²) in [6.07, 6.45) is 0. The molecule has 0 heterocycles. The number of hydrogen-bond acceptors (Lipinski definition) is 3. The van der Waals surface area contributed by atoms with Crippen molar-refractivity contribution in [1.82, 2.24) is 4.90 Å². The average molecular weight is 236 g/mol. The van der Waals surface area contributed by atoms with Crippen LogP contribution >= 0.6 is 0 Å². The van der Waals surface area contributed by atoms with Gasteiger partial charge >= 0.3 is 0 Å². The fraction of sp³-hybridized carbons (Fsp3) is 0.462. The fourth-order valence-corrected chi connectivity index (χ4v) is 1.57. The number of hydrogen-bond donors (Lipinski definition) is 1. The Bertz CT molecular complexity index is 339. The van der Waals surface area contributed by atoms with Gasteiger partial charge in [-0.25, -0.2) is 0 Å². The van der Waals surface area contributed by atoms with Crippen molar-refractivity contribution in [2.45, 2.75) is 19.9 Å². The smallest absolute Gasteiger partial charge is 0.236 e. The van der Waals surface area contributed by atoms with E-state index in [1.165, 1.54) is 0 Å². The molecule has 94 valence electrons. The zero-order chi connectivity index (χ0) is 12.7. The summed E-state index contributed by atoms with van der Waals surface area (Å²) in [5.41, 5.74) is 5.36. The molecule has 4 heteroatoms. The Kier molecular flexibility index (Phi) is 5.49. The van der Waals surface area contributed by atoms with E-state index in [9.17, 15) is 4.79 Å². The van der Waals surface area contributed by atoms with Crippen LogP contribution in [0.4, 0.5) is 0 Å². The van der Waals surface area contributed by atoms with Crippen LogP contribution in [0, 0.1) is 0 Å². The maximum atomic E-state index is 11.5. The minimum Gasteiger partial charge on any atom is -0.492 e.